The highest BCUT2D eigenvalue weighted by atomic mass is 16.5. The number of para-hydroxylation sites is 3. The fraction of sp³-hybridized carbons (Fsp3) is 0.100. The average Bonchev–Trinajstić information content (AvgIpc) is 3.62. The predicted molar refractivity (Wildman–Crippen MR) is 185 cm³/mol. The second-order valence-corrected chi connectivity index (χ2v) is 12.4. The molecule has 1 aliphatic rings. The molecule has 0 N–H and O–H groups in total. The number of anilines is 3. The molecule has 8 aromatic rings. The lowest BCUT2D eigenvalue weighted by molar-refractivity contribution is 0.482. The van der Waals surface area contributed by atoms with Crippen LogP contribution in [0.3, 0.4) is 0 Å². The molecule has 9 rings (SSSR count). The van der Waals surface area contributed by atoms with E-state index < -0.39 is 0 Å². The Morgan fingerprint density at radius 1 is 0.674 bits per heavy atom. The molecule has 0 spiro atoms. The SMILES string of the molecule is Cn1c(-c2cccc(Oc3ccc4c(c3)N(c3ccccn3)c3cc5oc6ccccc6c5cc3C4(C)C)c2)nc2ccccc21. The van der Waals surface area contributed by atoms with Crippen molar-refractivity contribution >= 4 is 50.2 Å². The van der Waals surface area contributed by atoms with Crippen molar-refractivity contribution in [3.8, 4) is 22.9 Å². The van der Waals surface area contributed by atoms with E-state index in [9.17, 15) is 0 Å². The van der Waals surface area contributed by atoms with Crippen LogP contribution in [0.25, 0.3) is 44.4 Å². The number of hydrogen-bond acceptors (Lipinski definition) is 5. The largest absolute Gasteiger partial charge is 0.457 e. The number of rotatable bonds is 4. The lowest BCUT2D eigenvalue weighted by atomic mass is 9.73. The van der Waals surface area contributed by atoms with Gasteiger partial charge in [-0.05, 0) is 65.7 Å². The van der Waals surface area contributed by atoms with Crippen LogP contribution in [0.4, 0.5) is 17.2 Å². The van der Waals surface area contributed by atoms with Crippen LogP contribution in [0, 0.1) is 0 Å². The van der Waals surface area contributed by atoms with Crippen LogP contribution >= 0.6 is 0 Å². The summed E-state index contributed by atoms with van der Waals surface area (Å²) in [6.45, 7) is 4.57. The summed E-state index contributed by atoms with van der Waals surface area (Å²) in [5.41, 5.74) is 8.98. The van der Waals surface area contributed by atoms with Gasteiger partial charge in [-0.2, -0.15) is 0 Å². The van der Waals surface area contributed by atoms with Crippen molar-refractivity contribution < 1.29 is 9.15 Å². The van der Waals surface area contributed by atoms with Crippen LogP contribution in [0.5, 0.6) is 11.5 Å². The zero-order valence-corrected chi connectivity index (χ0v) is 25.7. The number of nitrogens with zero attached hydrogens (tertiary/aromatic N) is 4. The molecule has 222 valence electrons. The van der Waals surface area contributed by atoms with Crippen molar-refractivity contribution in [3.63, 3.8) is 0 Å². The predicted octanol–water partition coefficient (Wildman–Crippen LogP) is 10.4. The number of pyridine rings is 1. The molecule has 46 heavy (non-hydrogen) atoms. The van der Waals surface area contributed by atoms with E-state index in [-0.39, 0.29) is 5.41 Å². The normalized spacial score (nSPS) is 13.7. The van der Waals surface area contributed by atoms with E-state index in [4.69, 9.17) is 19.1 Å². The highest BCUT2D eigenvalue weighted by Crippen LogP contribution is 2.54. The van der Waals surface area contributed by atoms with Gasteiger partial charge in [-0.1, -0.05) is 68.4 Å². The summed E-state index contributed by atoms with van der Waals surface area (Å²) in [5.74, 6) is 3.21. The molecular formula is C40H30N4O2. The quantitative estimate of drug-likeness (QED) is 0.202. The first-order chi connectivity index (χ1) is 22.5. The summed E-state index contributed by atoms with van der Waals surface area (Å²) in [4.78, 5) is 11.9. The van der Waals surface area contributed by atoms with Gasteiger partial charge in [-0.15, -0.1) is 0 Å². The number of fused-ring (bicyclic) bond motifs is 6. The van der Waals surface area contributed by atoms with E-state index in [1.807, 2.05) is 73.9 Å². The Bertz CT molecular complexity index is 2460. The van der Waals surface area contributed by atoms with Gasteiger partial charge in [-0.25, -0.2) is 9.97 Å². The van der Waals surface area contributed by atoms with Gasteiger partial charge in [0.05, 0.1) is 22.4 Å². The summed E-state index contributed by atoms with van der Waals surface area (Å²) < 4.78 is 15.0. The van der Waals surface area contributed by atoms with Crippen molar-refractivity contribution in [2.75, 3.05) is 4.90 Å². The third-order valence-corrected chi connectivity index (χ3v) is 9.29. The fourth-order valence-corrected chi connectivity index (χ4v) is 6.98. The Balaban J connectivity index is 1.17. The number of hydrogen-bond donors (Lipinski definition) is 0. The first kappa shape index (κ1) is 26.5. The van der Waals surface area contributed by atoms with Crippen LogP contribution in [-0.2, 0) is 12.5 Å². The molecule has 0 radical (unpaired) electrons. The van der Waals surface area contributed by atoms with Crippen molar-refractivity contribution in [3.05, 3.63) is 139 Å². The third-order valence-electron chi connectivity index (χ3n) is 9.29. The fourth-order valence-electron chi connectivity index (χ4n) is 6.98. The molecule has 0 unspecified atom stereocenters. The minimum absolute atomic E-state index is 0.291. The number of imidazole rings is 1. The van der Waals surface area contributed by atoms with E-state index >= 15 is 0 Å². The number of ether oxygens (including phenoxy) is 1. The molecule has 0 saturated carbocycles. The van der Waals surface area contributed by atoms with Crippen LogP contribution in [0.2, 0.25) is 0 Å². The van der Waals surface area contributed by atoms with E-state index in [0.717, 1.165) is 73.1 Å². The molecule has 0 fully saturated rings. The molecule has 0 bridgehead atoms. The molecule has 1 aliphatic heterocycles. The standard InChI is InChI=1S/C40H30N4O2/c1-40(2)30-19-18-27(45-26-12-10-11-25(21-26)39-42-32-14-5-6-15-33(32)43(39)3)22-34(30)44(38-17-8-9-20-41-38)35-24-37-29(23-31(35)40)28-13-4-7-16-36(28)46-37/h4-24H,1-3H3. The zero-order chi connectivity index (χ0) is 31.0. The molecule has 0 atom stereocenters. The van der Waals surface area contributed by atoms with Crippen LogP contribution in [-0.4, -0.2) is 14.5 Å². The molecule has 3 aromatic heterocycles. The van der Waals surface area contributed by atoms with Crippen molar-refractivity contribution in [1.82, 2.24) is 14.5 Å². The van der Waals surface area contributed by atoms with Gasteiger partial charge in [0, 0.05) is 47.1 Å². The molecule has 4 heterocycles. The topological polar surface area (TPSA) is 56.3 Å². The molecule has 0 aliphatic carbocycles. The second kappa shape index (κ2) is 9.81. The smallest absolute Gasteiger partial charge is 0.140 e. The van der Waals surface area contributed by atoms with Gasteiger partial charge in [0.2, 0.25) is 0 Å². The Morgan fingerprint density at radius 2 is 1.48 bits per heavy atom. The second-order valence-electron chi connectivity index (χ2n) is 12.4. The third kappa shape index (κ3) is 3.96. The molecule has 0 amide bonds. The van der Waals surface area contributed by atoms with Gasteiger partial charge in [-0.3, -0.25) is 4.90 Å². The van der Waals surface area contributed by atoms with Crippen LogP contribution in [0.1, 0.15) is 25.0 Å². The van der Waals surface area contributed by atoms with Gasteiger partial charge < -0.3 is 13.7 Å². The molecule has 6 nitrogen and oxygen atoms in total. The van der Waals surface area contributed by atoms with E-state index in [0.29, 0.717) is 0 Å². The summed E-state index contributed by atoms with van der Waals surface area (Å²) in [7, 11) is 2.05. The lowest BCUT2D eigenvalue weighted by Gasteiger charge is -2.41. The molecule has 5 aromatic carbocycles. The lowest BCUT2D eigenvalue weighted by Crippen LogP contribution is -2.31. The number of aryl methyl sites for hydroxylation is 1. The van der Waals surface area contributed by atoms with Crippen LogP contribution in [0.15, 0.2) is 132 Å². The Labute approximate surface area is 266 Å². The van der Waals surface area contributed by atoms with Gasteiger partial charge >= 0.3 is 0 Å². The van der Waals surface area contributed by atoms with Crippen molar-refractivity contribution in [1.29, 1.82) is 0 Å². The minimum Gasteiger partial charge on any atom is -0.457 e. The Morgan fingerprint density at radius 3 is 2.35 bits per heavy atom. The molecular weight excluding hydrogens is 568 g/mol. The highest BCUT2D eigenvalue weighted by Gasteiger charge is 2.38. The first-order valence-electron chi connectivity index (χ1n) is 15.5. The monoisotopic (exact) mass is 598 g/mol. The Kier molecular flexibility index (Phi) is 5.66. The van der Waals surface area contributed by atoms with Gasteiger partial charge in [0.1, 0.15) is 34.3 Å². The van der Waals surface area contributed by atoms with Gasteiger partial charge in [0.15, 0.2) is 0 Å². The summed E-state index contributed by atoms with van der Waals surface area (Å²) in [6.07, 6.45) is 1.83. The molecule has 6 heteroatoms. The van der Waals surface area contributed by atoms with E-state index in [2.05, 4.69) is 84.0 Å². The van der Waals surface area contributed by atoms with Crippen molar-refractivity contribution in [2.24, 2.45) is 7.05 Å². The van der Waals surface area contributed by atoms with Crippen molar-refractivity contribution in [2.45, 2.75) is 19.3 Å². The van der Waals surface area contributed by atoms with Crippen LogP contribution < -0.4 is 9.64 Å². The first-order valence-corrected chi connectivity index (χ1v) is 15.5. The van der Waals surface area contributed by atoms with Gasteiger partial charge in [0.25, 0.3) is 0 Å². The zero-order valence-electron chi connectivity index (χ0n) is 25.7. The maximum Gasteiger partial charge on any atom is 0.140 e. The Hall–Kier alpha value is -5.88. The summed E-state index contributed by atoms with van der Waals surface area (Å²) >= 11 is 0. The van der Waals surface area contributed by atoms with E-state index in [1.165, 1.54) is 11.1 Å². The number of benzene rings is 5. The minimum atomic E-state index is -0.291. The summed E-state index contributed by atoms with van der Waals surface area (Å²) in [5, 5.41) is 2.24. The molecule has 0 saturated heterocycles. The van der Waals surface area contributed by atoms with E-state index in [1.54, 1.807) is 0 Å². The highest BCUT2D eigenvalue weighted by molar-refractivity contribution is 6.07. The number of furan rings is 1. The summed E-state index contributed by atoms with van der Waals surface area (Å²) in [6, 6.07) is 41.4. The maximum atomic E-state index is 6.57. The number of aromatic nitrogens is 3. The average molecular weight is 599 g/mol. The maximum absolute atomic E-state index is 6.57.